The van der Waals surface area contributed by atoms with Crippen LogP contribution in [0.3, 0.4) is 0 Å². The Bertz CT molecular complexity index is 1050. The Morgan fingerprint density at radius 2 is 1.77 bits per heavy atom. The standard InChI is InChI=1S/C23H24F3N3O/c1-15(22(2,3)4)28-21(30)20-13-27-14-29(20)17-9-7-8-16(12-17)18-10-5-6-11-19(18)23(24,25)26/h5-15H,1-4H3,(H,28,30)/t15-/m1/s1. The molecule has 0 saturated carbocycles. The van der Waals surface area contributed by atoms with Crippen LogP contribution < -0.4 is 5.32 Å². The molecular weight excluding hydrogens is 391 g/mol. The molecule has 1 N–H and O–H groups in total. The maximum atomic E-state index is 13.4. The van der Waals surface area contributed by atoms with Crippen molar-refractivity contribution in [2.45, 2.75) is 39.9 Å². The second-order valence-corrected chi connectivity index (χ2v) is 8.30. The summed E-state index contributed by atoms with van der Waals surface area (Å²) in [6, 6.07) is 12.0. The lowest BCUT2D eigenvalue weighted by atomic mass is 9.88. The van der Waals surface area contributed by atoms with Gasteiger partial charge in [-0.25, -0.2) is 4.98 Å². The maximum absolute atomic E-state index is 13.4. The van der Waals surface area contributed by atoms with Crippen molar-refractivity contribution in [3.63, 3.8) is 0 Å². The topological polar surface area (TPSA) is 46.9 Å². The number of carbonyl (C=O) groups excluding carboxylic acids is 1. The van der Waals surface area contributed by atoms with Gasteiger partial charge in [-0.3, -0.25) is 9.36 Å². The molecule has 3 aromatic rings. The third-order valence-electron chi connectivity index (χ3n) is 5.19. The van der Waals surface area contributed by atoms with Crippen molar-refractivity contribution in [1.82, 2.24) is 14.9 Å². The van der Waals surface area contributed by atoms with E-state index in [9.17, 15) is 18.0 Å². The zero-order valence-corrected chi connectivity index (χ0v) is 17.3. The molecule has 2 aromatic carbocycles. The van der Waals surface area contributed by atoms with Gasteiger partial charge >= 0.3 is 6.18 Å². The van der Waals surface area contributed by atoms with Crippen LogP contribution in [-0.4, -0.2) is 21.5 Å². The average molecular weight is 415 g/mol. The molecule has 1 atom stereocenters. The molecule has 30 heavy (non-hydrogen) atoms. The first kappa shape index (κ1) is 21.6. The Labute approximate surface area is 173 Å². The number of amides is 1. The number of rotatable bonds is 4. The number of hydrogen-bond donors (Lipinski definition) is 1. The van der Waals surface area contributed by atoms with Gasteiger partial charge < -0.3 is 5.32 Å². The highest BCUT2D eigenvalue weighted by Crippen LogP contribution is 2.37. The fraction of sp³-hybridized carbons (Fsp3) is 0.304. The zero-order valence-electron chi connectivity index (χ0n) is 17.3. The summed E-state index contributed by atoms with van der Waals surface area (Å²) in [6.45, 7) is 8.00. The third-order valence-corrected chi connectivity index (χ3v) is 5.19. The van der Waals surface area contributed by atoms with Crippen molar-refractivity contribution in [3.05, 3.63) is 72.3 Å². The molecule has 0 bridgehead atoms. The number of hydrogen-bond acceptors (Lipinski definition) is 2. The molecule has 1 amide bonds. The molecule has 0 aliphatic carbocycles. The molecular formula is C23H24F3N3O. The van der Waals surface area contributed by atoms with Gasteiger partial charge in [-0.2, -0.15) is 13.2 Å². The van der Waals surface area contributed by atoms with E-state index in [4.69, 9.17) is 0 Å². The van der Waals surface area contributed by atoms with Gasteiger partial charge in [0, 0.05) is 11.7 Å². The second kappa shape index (κ2) is 7.97. The van der Waals surface area contributed by atoms with Gasteiger partial charge in [-0.15, -0.1) is 0 Å². The van der Waals surface area contributed by atoms with Gasteiger partial charge in [0.1, 0.15) is 5.69 Å². The molecule has 158 valence electrons. The van der Waals surface area contributed by atoms with Gasteiger partial charge in [-0.05, 0) is 41.7 Å². The van der Waals surface area contributed by atoms with Crippen molar-refractivity contribution in [2.24, 2.45) is 5.41 Å². The first-order chi connectivity index (χ1) is 14.0. The molecule has 3 rings (SSSR count). The third kappa shape index (κ3) is 4.56. The average Bonchev–Trinajstić information content (AvgIpc) is 3.17. The Morgan fingerprint density at radius 3 is 2.43 bits per heavy atom. The predicted molar refractivity (Wildman–Crippen MR) is 110 cm³/mol. The number of carbonyl (C=O) groups is 1. The van der Waals surface area contributed by atoms with Gasteiger partial charge in [0.05, 0.1) is 18.1 Å². The number of nitrogens with zero attached hydrogens (tertiary/aromatic N) is 2. The number of nitrogens with one attached hydrogen (secondary N) is 1. The maximum Gasteiger partial charge on any atom is 0.417 e. The smallest absolute Gasteiger partial charge is 0.348 e. The predicted octanol–water partition coefficient (Wildman–Crippen LogP) is 5.72. The van der Waals surface area contributed by atoms with Crippen molar-refractivity contribution >= 4 is 5.91 Å². The van der Waals surface area contributed by atoms with Gasteiger partial charge in [-0.1, -0.05) is 51.1 Å². The van der Waals surface area contributed by atoms with Crippen LogP contribution in [0, 0.1) is 5.41 Å². The van der Waals surface area contributed by atoms with Crippen LogP contribution in [0.4, 0.5) is 13.2 Å². The summed E-state index contributed by atoms with van der Waals surface area (Å²) in [7, 11) is 0. The highest BCUT2D eigenvalue weighted by atomic mass is 19.4. The van der Waals surface area contributed by atoms with E-state index >= 15 is 0 Å². The van der Waals surface area contributed by atoms with E-state index in [1.54, 1.807) is 34.9 Å². The van der Waals surface area contributed by atoms with Crippen LogP contribution in [0.2, 0.25) is 0 Å². The SMILES string of the molecule is C[C@@H](NC(=O)c1cncn1-c1cccc(-c2ccccc2C(F)(F)F)c1)C(C)(C)C. The lowest BCUT2D eigenvalue weighted by Gasteiger charge is -2.28. The molecule has 0 unspecified atom stereocenters. The molecule has 4 nitrogen and oxygen atoms in total. The van der Waals surface area contributed by atoms with E-state index < -0.39 is 11.7 Å². The number of halogens is 3. The summed E-state index contributed by atoms with van der Waals surface area (Å²) >= 11 is 0. The van der Waals surface area contributed by atoms with Crippen LogP contribution in [-0.2, 0) is 6.18 Å². The van der Waals surface area contributed by atoms with E-state index in [-0.39, 0.29) is 22.9 Å². The van der Waals surface area contributed by atoms with Gasteiger partial charge in [0.25, 0.3) is 5.91 Å². The minimum absolute atomic E-state index is 0.0827. The summed E-state index contributed by atoms with van der Waals surface area (Å²) in [6.07, 6.45) is -1.54. The number of benzene rings is 2. The van der Waals surface area contributed by atoms with Crippen LogP contribution >= 0.6 is 0 Å². The Hall–Kier alpha value is -3.09. The fourth-order valence-electron chi connectivity index (χ4n) is 2.96. The van der Waals surface area contributed by atoms with E-state index in [0.717, 1.165) is 6.07 Å². The van der Waals surface area contributed by atoms with E-state index in [2.05, 4.69) is 10.3 Å². The van der Waals surface area contributed by atoms with E-state index in [1.165, 1.54) is 24.7 Å². The van der Waals surface area contributed by atoms with Crippen molar-refractivity contribution in [1.29, 1.82) is 0 Å². The number of imidazole rings is 1. The summed E-state index contributed by atoms with van der Waals surface area (Å²) in [5, 5.41) is 2.96. The Kier molecular flexibility index (Phi) is 5.74. The number of aromatic nitrogens is 2. The summed E-state index contributed by atoms with van der Waals surface area (Å²) < 4.78 is 41.9. The Balaban J connectivity index is 1.98. The van der Waals surface area contributed by atoms with Crippen molar-refractivity contribution in [2.75, 3.05) is 0 Å². The van der Waals surface area contributed by atoms with Crippen molar-refractivity contribution in [3.8, 4) is 16.8 Å². The monoisotopic (exact) mass is 415 g/mol. The molecule has 0 saturated heterocycles. The first-order valence-electron chi connectivity index (χ1n) is 9.58. The van der Waals surface area contributed by atoms with Gasteiger partial charge in [0.15, 0.2) is 0 Å². The van der Waals surface area contributed by atoms with Crippen LogP contribution in [0.5, 0.6) is 0 Å². The molecule has 0 aliphatic rings. The first-order valence-corrected chi connectivity index (χ1v) is 9.58. The van der Waals surface area contributed by atoms with Crippen LogP contribution in [0.25, 0.3) is 16.8 Å². The second-order valence-electron chi connectivity index (χ2n) is 8.30. The number of alkyl halides is 3. The normalized spacial score (nSPS) is 13.2. The lowest BCUT2D eigenvalue weighted by molar-refractivity contribution is -0.137. The highest BCUT2D eigenvalue weighted by molar-refractivity contribution is 5.93. The zero-order chi connectivity index (χ0) is 22.1. The molecule has 0 spiro atoms. The molecule has 1 heterocycles. The molecule has 7 heteroatoms. The van der Waals surface area contributed by atoms with Crippen LogP contribution in [0.15, 0.2) is 61.1 Å². The molecule has 1 aromatic heterocycles. The summed E-state index contributed by atoms with van der Waals surface area (Å²) in [5.74, 6) is -0.295. The van der Waals surface area contributed by atoms with Crippen LogP contribution in [0.1, 0.15) is 43.7 Å². The molecule has 0 aliphatic heterocycles. The van der Waals surface area contributed by atoms with E-state index in [0.29, 0.717) is 16.9 Å². The lowest BCUT2D eigenvalue weighted by Crippen LogP contribution is -2.41. The van der Waals surface area contributed by atoms with Crippen molar-refractivity contribution < 1.29 is 18.0 Å². The van der Waals surface area contributed by atoms with E-state index in [1.807, 2.05) is 27.7 Å². The summed E-state index contributed by atoms with van der Waals surface area (Å²) in [4.78, 5) is 16.8. The highest BCUT2D eigenvalue weighted by Gasteiger charge is 2.33. The minimum Gasteiger partial charge on any atom is -0.348 e. The molecule has 0 radical (unpaired) electrons. The van der Waals surface area contributed by atoms with Gasteiger partial charge in [0.2, 0.25) is 0 Å². The Morgan fingerprint density at radius 1 is 1.07 bits per heavy atom. The summed E-state index contributed by atoms with van der Waals surface area (Å²) in [5.41, 5.74) is 0.525. The largest absolute Gasteiger partial charge is 0.417 e. The fourth-order valence-corrected chi connectivity index (χ4v) is 2.96. The minimum atomic E-state index is -4.46. The molecule has 0 fully saturated rings. The quantitative estimate of drug-likeness (QED) is 0.592.